The van der Waals surface area contributed by atoms with Gasteiger partial charge in [-0.1, -0.05) is 25.5 Å². The molecule has 0 aliphatic heterocycles. The molecule has 0 radical (unpaired) electrons. The average molecular weight is 247 g/mol. The van der Waals surface area contributed by atoms with Crippen molar-refractivity contribution in [1.29, 1.82) is 0 Å². The Bertz CT molecular complexity index is 543. The Morgan fingerprint density at radius 3 is 2.61 bits per heavy atom. The highest BCUT2D eigenvalue weighted by Crippen LogP contribution is 2.27. The van der Waals surface area contributed by atoms with Crippen molar-refractivity contribution in [1.82, 2.24) is 5.32 Å². The minimum Gasteiger partial charge on any atom is -0.458 e. The fourth-order valence-corrected chi connectivity index (χ4v) is 2.15. The van der Waals surface area contributed by atoms with Crippen molar-refractivity contribution < 1.29 is 9.52 Å². The maximum atomic E-state index is 10.1. The zero-order valence-electron chi connectivity index (χ0n) is 11.4. The molecule has 0 aliphatic rings. The lowest BCUT2D eigenvalue weighted by Crippen LogP contribution is -2.27. The molecular weight excluding hydrogens is 226 g/mol. The van der Waals surface area contributed by atoms with Gasteiger partial charge in [-0.05, 0) is 31.5 Å². The average Bonchev–Trinajstić information content (AvgIpc) is 2.69. The van der Waals surface area contributed by atoms with Crippen LogP contribution in [0.15, 0.2) is 22.6 Å². The van der Waals surface area contributed by atoms with Crippen molar-refractivity contribution in [2.24, 2.45) is 0 Å². The number of nitrogens with one attached hydrogen (secondary N) is 1. The van der Waals surface area contributed by atoms with E-state index < -0.39 is 6.10 Å². The Balaban J connectivity index is 2.27. The van der Waals surface area contributed by atoms with E-state index >= 15 is 0 Å². The molecule has 1 unspecified atom stereocenters. The molecule has 2 N–H and O–H groups in total. The van der Waals surface area contributed by atoms with E-state index in [1.807, 2.05) is 13.0 Å². The fourth-order valence-electron chi connectivity index (χ4n) is 2.15. The van der Waals surface area contributed by atoms with Crippen LogP contribution in [0.4, 0.5) is 0 Å². The summed E-state index contributed by atoms with van der Waals surface area (Å²) in [5, 5.41) is 14.3. The second kappa shape index (κ2) is 5.12. The summed E-state index contributed by atoms with van der Waals surface area (Å²) in [6.45, 7) is 8.71. The van der Waals surface area contributed by atoms with Crippen LogP contribution in [0.1, 0.15) is 36.8 Å². The molecule has 1 atom stereocenters. The summed E-state index contributed by atoms with van der Waals surface area (Å²) in [7, 11) is 0. The van der Waals surface area contributed by atoms with Crippen molar-refractivity contribution in [2.45, 2.75) is 39.8 Å². The van der Waals surface area contributed by atoms with E-state index in [2.05, 4.69) is 38.2 Å². The molecule has 1 aromatic carbocycles. The van der Waals surface area contributed by atoms with Gasteiger partial charge in [0.2, 0.25) is 0 Å². The molecule has 1 heterocycles. The first-order chi connectivity index (χ1) is 8.47. The number of rotatable bonds is 4. The van der Waals surface area contributed by atoms with Gasteiger partial charge in [-0.15, -0.1) is 0 Å². The predicted octanol–water partition coefficient (Wildman–Crippen LogP) is 3.08. The molecule has 0 bridgehead atoms. The van der Waals surface area contributed by atoms with Gasteiger partial charge < -0.3 is 14.8 Å². The number of aryl methyl sites for hydroxylation is 2. The molecule has 0 aliphatic carbocycles. The van der Waals surface area contributed by atoms with Crippen molar-refractivity contribution in [3.8, 4) is 0 Å². The smallest absolute Gasteiger partial charge is 0.137 e. The number of hydrogen-bond acceptors (Lipinski definition) is 3. The Morgan fingerprint density at radius 2 is 1.94 bits per heavy atom. The minimum atomic E-state index is -0.598. The molecule has 1 aromatic heterocycles. The molecule has 0 fully saturated rings. The lowest BCUT2D eigenvalue weighted by molar-refractivity contribution is 0.147. The number of aliphatic hydroxyl groups excluding tert-OH is 1. The quantitative estimate of drug-likeness (QED) is 0.872. The summed E-state index contributed by atoms with van der Waals surface area (Å²) in [5.74, 6) is 0.631. The van der Waals surface area contributed by atoms with E-state index in [0.717, 1.165) is 16.5 Å². The molecule has 3 nitrogen and oxygen atoms in total. The van der Waals surface area contributed by atoms with E-state index in [-0.39, 0.29) is 0 Å². The number of fused-ring (bicyclic) bond motifs is 1. The highest BCUT2D eigenvalue weighted by molar-refractivity contribution is 5.81. The van der Waals surface area contributed by atoms with Gasteiger partial charge in [0, 0.05) is 18.0 Å². The Labute approximate surface area is 108 Å². The molecule has 0 amide bonds. The van der Waals surface area contributed by atoms with Crippen molar-refractivity contribution in [3.63, 3.8) is 0 Å². The molecule has 98 valence electrons. The highest BCUT2D eigenvalue weighted by Gasteiger charge is 2.14. The monoisotopic (exact) mass is 247 g/mol. The summed E-state index contributed by atoms with van der Waals surface area (Å²) < 4.78 is 5.76. The lowest BCUT2D eigenvalue weighted by Gasteiger charge is -2.11. The first kappa shape index (κ1) is 13.1. The van der Waals surface area contributed by atoms with Crippen LogP contribution in [0.25, 0.3) is 11.0 Å². The topological polar surface area (TPSA) is 45.4 Å². The highest BCUT2D eigenvalue weighted by atomic mass is 16.4. The van der Waals surface area contributed by atoms with Crippen molar-refractivity contribution >= 4 is 11.0 Å². The van der Waals surface area contributed by atoms with Crippen LogP contribution in [0.5, 0.6) is 0 Å². The fraction of sp³-hybridized carbons (Fsp3) is 0.467. The van der Waals surface area contributed by atoms with Crippen LogP contribution in [0.2, 0.25) is 0 Å². The summed E-state index contributed by atoms with van der Waals surface area (Å²) in [4.78, 5) is 0. The lowest BCUT2D eigenvalue weighted by atomic mass is 10.1. The first-order valence-corrected chi connectivity index (χ1v) is 6.39. The predicted molar refractivity (Wildman–Crippen MR) is 73.8 cm³/mol. The number of aliphatic hydroxyl groups is 1. The van der Waals surface area contributed by atoms with Gasteiger partial charge in [0.15, 0.2) is 0 Å². The zero-order valence-corrected chi connectivity index (χ0v) is 11.4. The maximum absolute atomic E-state index is 10.1. The van der Waals surface area contributed by atoms with Gasteiger partial charge in [-0.2, -0.15) is 0 Å². The molecule has 2 aromatic rings. The Morgan fingerprint density at radius 1 is 1.22 bits per heavy atom. The summed E-state index contributed by atoms with van der Waals surface area (Å²) in [6, 6.07) is 6.46. The molecule has 18 heavy (non-hydrogen) atoms. The largest absolute Gasteiger partial charge is 0.458 e. The zero-order chi connectivity index (χ0) is 13.3. The van der Waals surface area contributed by atoms with Crippen LogP contribution < -0.4 is 5.32 Å². The molecule has 0 spiro atoms. The van der Waals surface area contributed by atoms with Gasteiger partial charge >= 0.3 is 0 Å². The van der Waals surface area contributed by atoms with E-state index in [0.29, 0.717) is 18.3 Å². The third-order valence-electron chi connectivity index (χ3n) is 3.01. The number of benzene rings is 1. The van der Waals surface area contributed by atoms with Gasteiger partial charge in [0.05, 0.1) is 0 Å². The molecule has 0 saturated heterocycles. The van der Waals surface area contributed by atoms with E-state index in [9.17, 15) is 5.11 Å². The molecule has 0 saturated carbocycles. The second-order valence-corrected chi connectivity index (χ2v) is 5.23. The van der Waals surface area contributed by atoms with E-state index in [1.54, 1.807) is 0 Å². The van der Waals surface area contributed by atoms with Crippen molar-refractivity contribution in [2.75, 3.05) is 6.54 Å². The Hall–Kier alpha value is -1.32. The van der Waals surface area contributed by atoms with Crippen molar-refractivity contribution in [3.05, 3.63) is 35.1 Å². The third-order valence-corrected chi connectivity index (χ3v) is 3.01. The van der Waals surface area contributed by atoms with E-state index in [1.165, 1.54) is 5.56 Å². The standard InChI is InChI=1S/C15H21NO2/c1-9(2)16-8-13(17)14-7-12-6-10(3)5-11(4)15(12)18-14/h5-7,9,13,16-17H,8H2,1-4H3. The van der Waals surface area contributed by atoms with E-state index in [4.69, 9.17) is 4.42 Å². The normalized spacial score (nSPS) is 13.4. The Kier molecular flexibility index (Phi) is 3.73. The van der Waals surface area contributed by atoms with Crippen LogP contribution >= 0.6 is 0 Å². The first-order valence-electron chi connectivity index (χ1n) is 6.39. The van der Waals surface area contributed by atoms with Crippen LogP contribution in [0, 0.1) is 13.8 Å². The van der Waals surface area contributed by atoms with Gasteiger partial charge in [0.1, 0.15) is 17.4 Å². The summed E-state index contributed by atoms with van der Waals surface area (Å²) >= 11 is 0. The minimum absolute atomic E-state index is 0.355. The van der Waals surface area contributed by atoms with Crippen LogP contribution in [-0.2, 0) is 0 Å². The van der Waals surface area contributed by atoms with Crippen LogP contribution in [-0.4, -0.2) is 17.7 Å². The number of hydrogen-bond donors (Lipinski definition) is 2. The third kappa shape index (κ3) is 2.74. The number of furan rings is 1. The molecule has 3 heteroatoms. The molecule has 2 rings (SSSR count). The summed E-state index contributed by atoms with van der Waals surface area (Å²) in [5.41, 5.74) is 3.20. The van der Waals surface area contributed by atoms with Gasteiger partial charge in [-0.25, -0.2) is 0 Å². The van der Waals surface area contributed by atoms with Gasteiger partial charge in [0.25, 0.3) is 0 Å². The maximum Gasteiger partial charge on any atom is 0.137 e. The van der Waals surface area contributed by atoms with Crippen LogP contribution in [0.3, 0.4) is 0 Å². The SMILES string of the molecule is Cc1cc(C)c2oc(C(O)CNC(C)C)cc2c1. The molecular formula is C15H21NO2. The van der Waals surface area contributed by atoms with Gasteiger partial charge in [-0.3, -0.25) is 0 Å². The second-order valence-electron chi connectivity index (χ2n) is 5.23. The summed E-state index contributed by atoms with van der Waals surface area (Å²) in [6.07, 6.45) is -0.598.